The Kier molecular flexibility index (Phi) is 3.79. The minimum absolute atomic E-state index is 0.0534. The SMILES string of the molecule is Cc1sc(Br)cc1C(N)c1ccc(F)c(F)c1F. The van der Waals surface area contributed by atoms with Crippen LogP contribution in [-0.4, -0.2) is 0 Å². The summed E-state index contributed by atoms with van der Waals surface area (Å²) in [7, 11) is 0. The monoisotopic (exact) mass is 335 g/mol. The molecule has 0 aliphatic rings. The number of nitrogens with two attached hydrogens (primary N) is 1. The van der Waals surface area contributed by atoms with Gasteiger partial charge in [-0.05, 0) is 40.5 Å². The molecular formula is C12H9BrF3NS. The van der Waals surface area contributed by atoms with E-state index in [0.29, 0.717) is 5.56 Å². The van der Waals surface area contributed by atoms with E-state index in [2.05, 4.69) is 15.9 Å². The summed E-state index contributed by atoms with van der Waals surface area (Å²) in [5.41, 5.74) is 6.55. The molecular weight excluding hydrogens is 327 g/mol. The molecule has 1 nitrogen and oxygen atoms in total. The predicted octanol–water partition coefficient (Wildman–Crippen LogP) is 4.28. The first-order chi connectivity index (χ1) is 8.41. The predicted molar refractivity (Wildman–Crippen MR) is 69.1 cm³/mol. The molecule has 1 aromatic carbocycles. The van der Waals surface area contributed by atoms with Gasteiger partial charge in [-0.1, -0.05) is 6.07 Å². The van der Waals surface area contributed by atoms with Crippen LogP contribution in [0.5, 0.6) is 0 Å². The lowest BCUT2D eigenvalue weighted by Crippen LogP contribution is -2.15. The average molecular weight is 336 g/mol. The van der Waals surface area contributed by atoms with Gasteiger partial charge in [0.1, 0.15) is 0 Å². The molecule has 0 bridgehead atoms. The Morgan fingerprint density at radius 3 is 2.39 bits per heavy atom. The maximum atomic E-state index is 13.6. The third-order valence-corrected chi connectivity index (χ3v) is 4.23. The van der Waals surface area contributed by atoms with Crippen molar-refractivity contribution in [3.63, 3.8) is 0 Å². The van der Waals surface area contributed by atoms with Crippen LogP contribution in [0.2, 0.25) is 0 Å². The van der Waals surface area contributed by atoms with Gasteiger partial charge in [0.15, 0.2) is 17.5 Å². The molecule has 1 heterocycles. The highest BCUT2D eigenvalue weighted by Gasteiger charge is 2.21. The van der Waals surface area contributed by atoms with E-state index >= 15 is 0 Å². The van der Waals surface area contributed by atoms with E-state index in [4.69, 9.17) is 5.73 Å². The van der Waals surface area contributed by atoms with Crippen LogP contribution < -0.4 is 5.73 Å². The summed E-state index contributed by atoms with van der Waals surface area (Å²) in [4.78, 5) is 0.901. The number of rotatable bonds is 2. The summed E-state index contributed by atoms with van der Waals surface area (Å²) in [5.74, 6) is -3.94. The fourth-order valence-electron chi connectivity index (χ4n) is 1.72. The van der Waals surface area contributed by atoms with Gasteiger partial charge in [-0.25, -0.2) is 13.2 Å². The van der Waals surface area contributed by atoms with Crippen LogP contribution in [0.1, 0.15) is 22.0 Å². The largest absolute Gasteiger partial charge is 0.320 e. The van der Waals surface area contributed by atoms with Gasteiger partial charge in [-0.2, -0.15) is 0 Å². The van der Waals surface area contributed by atoms with Gasteiger partial charge < -0.3 is 5.73 Å². The number of aryl methyl sites for hydroxylation is 1. The highest BCUT2D eigenvalue weighted by Crippen LogP contribution is 2.33. The minimum Gasteiger partial charge on any atom is -0.320 e. The second-order valence-electron chi connectivity index (χ2n) is 3.80. The molecule has 0 aliphatic carbocycles. The normalized spacial score (nSPS) is 12.8. The van der Waals surface area contributed by atoms with Crippen molar-refractivity contribution in [2.75, 3.05) is 0 Å². The quantitative estimate of drug-likeness (QED) is 0.814. The van der Waals surface area contributed by atoms with Gasteiger partial charge in [-0.3, -0.25) is 0 Å². The molecule has 1 aromatic heterocycles. The smallest absolute Gasteiger partial charge is 0.194 e. The Hall–Kier alpha value is -0.850. The molecule has 0 radical (unpaired) electrons. The third kappa shape index (κ3) is 2.32. The molecule has 2 N–H and O–H groups in total. The van der Waals surface area contributed by atoms with Crippen molar-refractivity contribution in [2.45, 2.75) is 13.0 Å². The van der Waals surface area contributed by atoms with Gasteiger partial charge in [0.25, 0.3) is 0 Å². The summed E-state index contributed by atoms with van der Waals surface area (Å²) in [6.45, 7) is 1.84. The molecule has 96 valence electrons. The number of hydrogen-bond acceptors (Lipinski definition) is 2. The maximum Gasteiger partial charge on any atom is 0.194 e. The molecule has 2 rings (SSSR count). The van der Waals surface area contributed by atoms with Gasteiger partial charge >= 0.3 is 0 Å². The summed E-state index contributed by atoms with van der Waals surface area (Å²) in [6.07, 6.45) is 0. The fourth-order valence-corrected chi connectivity index (χ4v) is 3.47. The molecule has 0 saturated heterocycles. The van der Waals surface area contributed by atoms with Crippen LogP contribution in [0.25, 0.3) is 0 Å². The lowest BCUT2D eigenvalue weighted by Gasteiger charge is -2.13. The zero-order valence-electron chi connectivity index (χ0n) is 9.31. The highest BCUT2D eigenvalue weighted by atomic mass is 79.9. The lowest BCUT2D eigenvalue weighted by atomic mass is 9.99. The van der Waals surface area contributed by atoms with Crippen LogP contribution in [-0.2, 0) is 0 Å². The number of halogens is 4. The van der Waals surface area contributed by atoms with Crippen LogP contribution >= 0.6 is 27.3 Å². The van der Waals surface area contributed by atoms with E-state index in [-0.39, 0.29) is 5.56 Å². The van der Waals surface area contributed by atoms with Gasteiger partial charge in [0, 0.05) is 10.4 Å². The Bertz CT molecular complexity index is 597. The second-order valence-corrected chi connectivity index (χ2v) is 6.44. The first kappa shape index (κ1) is 13.6. The molecule has 0 fully saturated rings. The standard InChI is InChI=1S/C12H9BrF3NS/c1-5-7(4-9(13)18-5)12(17)6-2-3-8(14)11(16)10(6)15/h2-4,12H,17H2,1H3. The molecule has 1 atom stereocenters. The average Bonchev–Trinajstić information content (AvgIpc) is 2.65. The third-order valence-electron chi connectivity index (χ3n) is 2.66. The molecule has 0 saturated carbocycles. The first-order valence-corrected chi connectivity index (χ1v) is 6.67. The Labute approximate surface area is 115 Å². The van der Waals surface area contributed by atoms with Gasteiger partial charge in [0.2, 0.25) is 0 Å². The van der Waals surface area contributed by atoms with Crippen molar-refractivity contribution in [2.24, 2.45) is 5.73 Å². The molecule has 0 aliphatic heterocycles. The van der Waals surface area contributed by atoms with Gasteiger partial charge in [0.05, 0.1) is 9.83 Å². The van der Waals surface area contributed by atoms with Crippen LogP contribution in [0.15, 0.2) is 22.0 Å². The van der Waals surface area contributed by atoms with E-state index in [0.717, 1.165) is 14.7 Å². The van der Waals surface area contributed by atoms with Crippen molar-refractivity contribution in [1.29, 1.82) is 0 Å². The Balaban J connectivity index is 2.49. The molecule has 0 amide bonds. The minimum atomic E-state index is -1.49. The fraction of sp³-hybridized carbons (Fsp3) is 0.167. The first-order valence-electron chi connectivity index (χ1n) is 5.06. The Morgan fingerprint density at radius 1 is 1.17 bits per heavy atom. The van der Waals surface area contributed by atoms with E-state index < -0.39 is 23.5 Å². The summed E-state index contributed by atoms with van der Waals surface area (Å²) < 4.78 is 40.5. The number of hydrogen-bond donors (Lipinski definition) is 1. The van der Waals surface area contributed by atoms with Crippen molar-refractivity contribution < 1.29 is 13.2 Å². The van der Waals surface area contributed by atoms with Crippen LogP contribution in [0.3, 0.4) is 0 Å². The van der Waals surface area contributed by atoms with Crippen LogP contribution in [0, 0.1) is 24.4 Å². The molecule has 0 spiro atoms. The van der Waals surface area contributed by atoms with E-state index in [1.807, 2.05) is 6.92 Å². The highest BCUT2D eigenvalue weighted by molar-refractivity contribution is 9.11. The van der Waals surface area contributed by atoms with Crippen molar-refractivity contribution >= 4 is 27.3 Å². The molecule has 2 aromatic rings. The van der Waals surface area contributed by atoms with Crippen molar-refractivity contribution in [3.05, 3.63) is 55.4 Å². The Morgan fingerprint density at radius 2 is 1.83 bits per heavy atom. The van der Waals surface area contributed by atoms with E-state index in [1.54, 1.807) is 6.07 Å². The van der Waals surface area contributed by atoms with E-state index in [1.165, 1.54) is 17.4 Å². The summed E-state index contributed by atoms with van der Waals surface area (Å²) in [5, 5.41) is 0. The van der Waals surface area contributed by atoms with Crippen molar-refractivity contribution in [1.82, 2.24) is 0 Å². The molecule has 1 unspecified atom stereocenters. The van der Waals surface area contributed by atoms with Crippen molar-refractivity contribution in [3.8, 4) is 0 Å². The van der Waals surface area contributed by atoms with Gasteiger partial charge in [-0.15, -0.1) is 11.3 Å². The zero-order valence-corrected chi connectivity index (χ0v) is 11.7. The van der Waals surface area contributed by atoms with E-state index in [9.17, 15) is 13.2 Å². The lowest BCUT2D eigenvalue weighted by molar-refractivity contribution is 0.438. The number of thiophene rings is 1. The molecule has 6 heteroatoms. The second kappa shape index (κ2) is 5.03. The number of benzene rings is 1. The molecule has 18 heavy (non-hydrogen) atoms. The van der Waals surface area contributed by atoms with Crippen LogP contribution in [0.4, 0.5) is 13.2 Å². The maximum absolute atomic E-state index is 13.6. The zero-order chi connectivity index (χ0) is 13.4. The summed E-state index contributed by atoms with van der Waals surface area (Å²) >= 11 is 4.76. The summed E-state index contributed by atoms with van der Waals surface area (Å²) in [6, 6.07) is 2.99. The topological polar surface area (TPSA) is 26.0 Å².